The highest BCUT2D eigenvalue weighted by Gasteiger charge is 2.42. The number of hydrogen-bond donors (Lipinski definition) is 2. The summed E-state index contributed by atoms with van der Waals surface area (Å²) < 4.78 is 0. The molecule has 1 aliphatic heterocycles. The van der Waals surface area contributed by atoms with Gasteiger partial charge < -0.3 is 11.1 Å². The zero-order valence-corrected chi connectivity index (χ0v) is 10.0. The molecule has 4 heteroatoms. The fourth-order valence-corrected chi connectivity index (χ4v) is 2.18. The molecular formula is C11H23N3O. The molecule has 0 saturated carbocycles. The van der Waals surface area contributed by atoms with Crippen molar-refractivity contribution >= 4 is 5.91 Å². The molecule has 0 spiro atoms. The molecule has 4 nitrogen and oxygen atoms in total. The van der Waals surface area contributed by atoms with Crippen LogP contribution in [-0.4, -0.2) is 42.0 Å². The van der Waals surface area contributed by atoms with Crippen molar-refractivity contribution in [3.05, 3.63) is 0 Å². The van der Waals surface area contributed by atoms with Crippen molar-refractivity contribution in [2.24, 2.45) is 5.73 Å². The highest BCUT2D eigenvalue weighted by Crippen LogP contribution is 2.25. The van der Waals surface area contributed by atoms with Crippen molar-refractivity contribution in [1.29, 1.82) is 0 Å². The third-order valence-corrected chi connectivity index (χ3v) is 3.06. The molecule has 1 unspecified atom stereocenters. The second-order valence-corrected chi connectivity index (χ2v) is 4.59. The molecule has 1 heterocycles. The van der Waals surface area contributed by atoms with E-state index in [0.29, 0.717) is 6.54 Å². The van der Waals surface area contributed by atoms with Crippen LogP contribution < -0.4 is 11.1 Å². The van der Waals surface area contributed by atoms with Crippen LogP contribution in [0.4, 0.5) is 0 Å². The Hall–Kier alpha value is -0.610. The Kier molecular flexibility index (Phi) is 4.11. The van der Waals surface area contributed by atoms with Crippen LogP contribution in [0.1, 0.15) is 33.6 Å². The normalized spacial score (nSPS) is 21.9. The molecular weight excluding hydrogens is 190 g/mol. The van der Waals surface area contributed by atoms with Crippen molar-refractivity contribution in [2.75, 3.05) is 19.6 Å². The summed E-state index contributed by atoms with van der Waals surface area (Å²) in [5, 5.41) is 2.83. The van der Waals surface area contributed by atoms with Gasteiger partial charge in [-0.3, -0.25) is 9.69 Å². The molecule has 3 N–H and O–H groups in total. The number of likely N-dealkylation sites (N-methyl/N-ethyl adjacent to an activating group) is 1. The molecule has 0 bridgehead atoms. The van der Waals surface area contributed by atoms with Gasteiger partial charge in [0, 0.05) is 25.2 Å². The molecule has 0 radical (unpaired) electrons. The summed E-state index contributed by atoms with van der Waals surface area (Å²) in [5.41, 5.74) is 6.10. The van der Waals surface area contributed by atoms with Crippen LogP contribution in [0.15, 0.2) is 0 Å². The van der Waals surface area contributed by atoms with E-state index in [9.17, 15) is 4.79 Å². The molecule has 1 fully saturated rings. The molecule has 1 rings (SSSR count). The molecule has 88 valence electrons. The number of rotatable bonds is 5. The average molecular weight is 213 g/mol. The zero-order chi connectivity index (χ0) is 11.5. The van der Waals surface area contributed by atoms with Crippen molar-refractivity contribution < 1.29 is 4.79 Å². The monoisotopic (exact) mass is 213 g/mol. The van der Waals surface area contributed by atoms with Gasteiger partial charge in [-0.25, -0.2) is 0 Å². The van der Waals surface area contributed by atoms with Gasteiger partial charge in [-0.15, -0.1) is 0 Å². The Balaban J connectivity index is 2.34. The highest BCUT2D eigenvalue weighted by atomic mass is 16.2. The van der Waals surface area contributed by atoms with E-state index in [1.165, 1.54) is 0 Å². The predicted octanol–water partition coefficient (Wildman–Crippen LogP) is 0.324. The second-order valence-electron chi connectivity index (χ2n) is 4.59. The number of carbonyl (C=O) groups is 1. The minimum absolute atomic E-state index is 0.0431. The number of nitrogens with zero attached hydrogens (tertiary/aromatic N) is 1. The first-order valence-electron chi connectivity index (χ1n) is 5.83. The number of likely N-dealkylation sites (tertiary alicyclic amines) is 1. The van der Waals surface area contributed by atoms with E-state index in [1.807, 2.05) is 13.8 Å². The van der Waals surface area contributed by atoms with E-state index >= 15 is 0 Å². The van der Waals surface area contributed by atoms with Gasteiger partial charge in [-0.2, -0.15) is 0 Å². The van der Waals surface area contributed by atoms with Gasteiger partial charge >= 0.3 is 0 Å². The lowest BCUT2D eigenvalue weighted by Gasteiger charge is -2.50. The summed E-state index contributed by atoms with van der Waals surface area (Å²) in [5.74, 6) is 0.107. The Morgan fingerprint density at radius 2 is 2.13 bits per heavy atom. The minimum atomic E-state index is -0.0461. The van der Waals surface area contributed by atoms with Crippen molar-refractivity contribution in [3.63, 3.8) is 0 Å². The van der Waals surface area contributed by atoms with E-state index in [4.69, 9.17) is 5.73 Å². The maximum absolute atomic E-state index is 11.6. The van der Waals surface area contributed by atoms with Crippen molar-refractivity contribution in [3.8, 4) is 0 Å². The summed E-state index contributed by atoms with van der Waals surface area (Å²) in [4.78, 5) is 13.7. The van der Waals surface area contributed by atoms with E-state index < -0.39 is 0 Å². The largest absolute Gasteiger partial charge is 0.355 e. The van der Waals surface area contributed by atoms with Crippen LogP contribution >= 0.6 is 0 Å². The number of amides is 1. The fourth-order valence-electron chi connectivity index (χ4n) is 2.18. The SMILES string of the molecule is CCCC1(N)CN(C(C)C(=O)NCC)C1. The number of nitrogens with two attached hydrogens (primary N) is 1. The number of hydrogen-bond acceptors (Lipinski definition) is 3. The van der Waals surface area contributed by atoms with Gasteiger partial charge in [0.05, 0.1) is 6.04 Å². The van der Waals surface area contributed by atoms with E-state index in [2.05, 4.69) is 17.1 Å². The molecule has 1 aliphatic rings. The van der Waals surface area contributed by atoms with Crippen LogP contribution in [0.5, 0.6) is 0 Å². The van der Waals surface area contributed by atoms with Crippen LogP contribution in [0.2, 0.25) is 0 Å². The summed E-state index contributed by atoms with van der Waals surface area (Å²) in [7, 11) is 0. The molecule has 1 atom stereocenters. The standard InChI is InChI=1S/C11H23N3O/c1-4-6-11(12)7-14(8-11)9(3)10(15)13-5-2/h9H,4-8,12H2,1-3H3,(H,13,15). The van der Waals surface area contributed by atoms with Crippen LogP contribution in [0.25, 0.3) is 0 Å². The molecule has 0 aromatic heterocycles. The lowest BCUT2D eigenvalue weighted by atomic mass is 9.85. The van der Waals surface area contributed by atoms with Gasteiger partial charge in [0.1, 0.15) is 0 Å². The average Bonchev–Trinajstić information content (AvgIpc) is 2.13. The summed E-state index contributed by atoms with van der Waals surface area (Å²) >= 11 is 0. The third-order valence-electron chi connectivity index (χ3n) is 3.06. The molecule has 0 aliphatic carbocycles. The third kappa shape index (κ3) is 2.92. The van der Waals surface area contributed by atoms with Gasteiger partial charge in [-0.05, 0) is 20.3 Å². The molecule has 15 heavy (non-hydrogen) atoms. The second kappa shape index (κ2) is 4.94. The summed E-state index contributed by atoms with van der Waals surface area (Å²) in [6.07, 6.45) is 2.16. The van der Waals surface area contributed by atoms with Gasteiger partial charge in [0.2, 0.25) is 5.91 Å². The smallest absolute Gasteiger partial charge is 0.237 e. The molecule has 0 aromatic rings. The number of carbonyl (C=O) groups excluding carboxylic acids is 1. The zero-order valence-electron chi connectivity index (χ0n) is 10.0. The maximum atomic E-state index is 11.6. The summed E-state index contributed by atoms with van der Waals surface area (Å²) in [6.45, 7) is 8.41. The molecule has 1 amide bonds. The van der Waals surface area contributed by atoms with Crippen molar-refractivity contribution in [1.82, 2.24) is 10.2 Å². The van der Waals surface area contributed by atoms with Crippen LogP contribution in [0, 0.1) is 0 Å². The molecule has 1 saturated heterocycles. The maximum Gasteiger partial charge on any atom is 0.237 e. The van der Waals surface area contributed by atoms with Gasteiger partial charge in [-0.1, -0.05) is 13.3 Å². The molecule has 0 aromatic carbocycles. The lowest BCUT2D eigenvalue weighted by Crippen LogP contribution is -2.70. The Morgan fingerprint density at radius 3 is 2.60 bits per heavy atom. The lowest BCUT2D eigenvalue weighted by molar-refractivity contribution is -0.128. The first kappa shape index (κ1) is 12.5. The van der Waals surface area contributed by atoms with E-state index in [1.54, 1.807) is 0 Å². The van der Waals surface area contributed by atoms with Crippen LogP contribution in [-0.2, 0) is 4.79 Å². The van der Waals surface area contributed by atoms with Gasteiger partial charge in [0.25, 0.3) is 0 Å². The minimum Gasteiger partial charge on any atom is -0.355 e. The Morgan fingerprint density at radius 1 is 1.53 bits per heavy atom. The van der Waals surface area contributed by atoms with Crippen molar-refractivity contribution in [2.45, 2.75) is 45.2 Å². The summed E-state index contributed by atoms with van der Waals surface area (Å²) in [6, 6.07) is -0.0431. The first-order chi connectivity index (χ1) is 7.02. The van der Waals surface area contributed by atoms with E-state index in [0.717, 1.165) is 25.9 Å². The first-order valence-corrected chi connectivity index (χ1v) is 5.83. The van der Waals surface area contributed by atoms with E-state index in [-0.39, 0.29) is 17.5 Å². The van der Waals surface area contributed by atoms with Gasteiger partial charge in [0.15, 0.2) is 0 Å². The predicted molar refractivity (Wildman–Crippen MR) is 61.5 cm³/mol. The Labute approximate surface area is 92.2 Å². The number of nitrogens with one attached hydrogen (secondary N) is 1. The quantitative estimate of drug-likeness (QED) is 0.691. The fraction of sp³-hybridized carbons (Fsp3) is 0.909. The Bertz CT molecular complexity index is 224. The van der Waals surface area contributed by atoms with Crippen LogP contribution in [0.3, 0.4) is 0 Å². The highest BCUT2D eigenvalue weighted by molar-refractivity contribution is 5.81. The topological polar surface area (TPSA) is 58.4 Å².